The molecule has 0 aliphatic heterocycles. The summed E-state index contributed by atoms with van der Waals surface area (Å²) in [7, 11) is 0. The highest BCUT2D eigenvalue weighted by Crippen LogP contribution is 1.95. The van der Waals surface area contributed by atoms with Crippen molar-refractivity contribution in [2.75, 3.05) is 0 Å². The molecule has 17 heavy (non-hydrogen) atoms. The first kappa shape index (κ1) is 21.1. The minimum Gasteiger partial charge on any atom is -0.300 e. The van der Waals surface area contributed by atoms with E-state index in [0.717, 1.165) is 12.8 Å². The zero-order valence-corrected chi connectivity index (χ0v) is 11.5. The molecular formula is C13H24O4. The number of carbonyl (C=O) groups is 2. The van der Waals surface area contributed by atoms with Crippen molar-refractivity contribution in [1.82, 2.24) is 0 Å². The van der Waals surface area contributed by atoms with Crippen LogP contribution in [0, 0.1) is 5.92 Å². The van der Waals surface area contributed by atoms with E-state index in [9.17, 15) is 9.59 Å². The second-order valence-corrected chi connectivity index (χ2v) is 3.70. The van der Waals surface area contributed by atoms with Gasteiger partial charge < -0.3 is 0 Å². The van der Waals surface area contributed by atoms with Crippen molar-refractivity contribution in [2.45, 2.75) is 60.3 Å². The second-order valence-electron chi connectivity index (χ2n) is 3.70. The van der Waals surface area contributed by atoms with Crippen LogP contribution >= 0.6 is 0 Å². The Morgan fingerprint density at radius 3 is 1.47 bits per heavy atom. The van der Waals surface area contributed by atoms with E-state index in [4.69, 9.17) is 9.59 Å². The van der Waals surface area contributed by atoms with Gasteiger partial charge >= 0.3 is 6.15 Å². The first-order valence-electron chi connectivity index (χ1n) is 5.94. The molecule has 0 rings (SSSR count). The maximum Gasteiger partial charge on any atom is 0.373 e. The molecule has 0 unspecified atom stereocenters. The van der Waals surface area contributed by atoms with Gasteiger partial charge in [-0.2, -0.15) is 9.59 Å². The van der Waals surface area contributed by atoms with E-state index in [1.165, 1.54) is 0 Å². The lowest BCUT2D eigenvalue weighted by Crippen LogP contribution is -2.03. The van der Waals surface area contributed by atoms with Crippen molar-refractivity contribution in [2.24, 2.45) is 5.92 Å². The van der Waals surface area contributed by atoms with Crippen LogP contribution in [0.15, 0.2) is 0 Å². The number of hydrogen-bond donors (Lipinski definition) is 0. The highest BCUT2D eigenvalue weighted by molar-refractivity contribution is 5.79. The molecule has 0 aromatic carbocycles. The van der Waals surface area contributed by atoms with Crippen LogP contribution in [-0.2, 0) is 19.2 Å². The van der Waals surface area contributed by atoms with Crippen molar-refractivity contribution in [1.29, 1.82) is 0 Å². The molecule has 0 spiro atoms. The Balaban J connectivity index is -0.000000188. The van der Waals surface area contributed by atoms with Gasteiger partial charge in [-0.1, -0.05) is 34.6 Å². The Morgan fingerprint density at radius 2 is 1.41 bits per heavy atom. The Labute approximate surface area is 104 Å². The summed E-state index contributed by atoms with van der Waals surface area (Å²) < 4.78 is 0. The van der Waals surface area contributed by atoms with E-state index >= 15 is 0 Å². The van der Waals surface area contributed by atoms with Gasteiger partial charge in [0.25, 0.3) is 0 Å². The van der Waals surface area contributed by atoms with Crippen LogP contribution in [0.3, 0.4) is 0 Å². The molecule has 0 aliphatic rings. The molecule has 0 aromatic rings. The fourth-order valence-electron chi connectivity index (χ4n) is 0.864. The quantitative estimate of drug-likeness (QED) is 0.745. The van der Waals surface area contributed by atoms with Gasteiger partial charge in [-0.15, -0.1) is 0 Å². The fraction of sp³-hybridized carbons (Fsp3) is 0.769. The van der Waals surface area contributed by atoms with Crippen LogP contribution in [-0.4, -0.2) is 17.7 Å². The summed E-state index contributed by atoms with van der Waals surface area (Å²) in [5.41, 5.74) is 0. The van der Waals surface area contributed by atoms with Crippen molar-refractivity contribution in [3.05, 3.63) is 0 Å². The van der Waals surface area contributed by atoms with Crippen LogP contribution in [0.4, 0.5) is 0 Å². The topological polar surface area (TPSA) is 68.3 Å². The van der Waals surface area contributed by atoms with E-state index in [1.54, 1.807) is 0 Å². The Kier molecular flexibility index (Phi) is 21.2. The maximum absolute atomic E-state index is 10.5. The minimum absolute atomic E-state index is 0.227. The molecule has 0 saturated heterocycles. The highest BCUT2D eigenvalue weighted by atomic mass is 16.2. The zero-order chi connectivity index (χ0) is 14.3. The average Bonchev–Trinajstić information content (AvgIpc) is 2.30. The summed E-state index contributed by atoms with van der Waals surface area (Å²) in [6.07, 6.45) is 3.38. The van der Waals surface area contributed by atoms with Gasteiger partial charge in [-0.05, 0) is 6.42 Å². The smallest absolute Gasteiger partial charge is 0.300 e. The molecule has 0 heterocycles. The number of carbonyl (C=O) groups excluding carboxylic acids is 4. The SMILES string of the molecule is CCC(=O)C(C)C.CCCC(=O)CC.O=C=O. The van der Waals surface area contributed by atoms with Gasteiger partial charge in [-0.25, -0.2) is 0 Å². The zero-order valence-electron chi connectivity index (χ0n) is 11.5. The third kappa shape index (κ3) is 25.2. The lowest BCUT2D eigenvalue weighted by atomic mass is 10.1. The predicted octanol–water partition coefficient (Wildman–Crippen LogP) is 2.80. The van der Waals surface area contributed by atoms with Crippen LogP contribution < -0.4 is 0 Å². The molecule has 0 bridgehead atoms. The van der Waals surface area contributed by atoms with Gasteiger partial charge in [0.05, 0.1) is 0 Å². The lowest BCUT2D eigenvalue weighted by Gasteiger charge is -1.96. The molecule has 0 aliphatic carbocycles. The Bertz CT molecular complexity index is 226. The standard InChI is InChI=1S/2C6H12O.CO2/c1-4-6(7)5(2)3;1-3-5-6(7)4-2;2-1-3/h5H,4H2,1-3H3;3-5H2,1-2H3;. The van der Waals surface area contributed by atoms with Gasteiger partial charge in [0.2, 0.25) is 0 Å². The molecule has 0 amide bonds. The van der Waals surface area contributed by atoms with Crippen molar-refractivity contribution in [3.8, 4) is 0 Å². The van der Waals surface area contributed by atoms with Crippen LogP contribution in [0.1, 0.15) is 60.3 Å². The maximum atomic E-state index is 10.5. The predicted molar refractivity (Wildman–Crippen MR) is 65.3 cm³/mol. The van der Waals surface area contributed by atoms with E-state index < -0.39 is 0 Å². The molecule has 0 aromatic heterocycles. The van der Waals surface area contributed by atoms with Gasteiger partial charge in [-0.3, -0.25) is 9.59 Å². The van der Waals surface area contributed by atoms with E-state index in [1.807, 2.05) is 34.6 Å². The molecule has 0 fully saturated rings. The van der Waals surface area contributed by atoms with E-state index in [0.29, 0.717) is 24.4 Å². The first-order valence-corrected chi connectivity index (χ1v) is 5.94. The van der Waals surface area contributed by atoms with Crippen LogP contribution in [0.2, 0.25) is 0 Å². The van der Waals surface area contributed by atoms with Crippen molar-refractivity contribution >= 4 is 17.7 Å². The Morgan fingerprint density at radius 1 is 1.00 bits per heavy atom. The minimum atomic E-state index is 0.227. The van der Waals surface area contributed by atoms with Crippen LogP contribution in [0.5, 0.6) is 0 Å². The lowest BCUT2D eigenvalue weighted by molar-refractivity contribution is -0.191. The number of rotatable bonds is 5. The average molecular weight is 244 g/mol. The van der Waals surface area contributed by atoms with Crippen LogP contribution in [0.25, 0.3) is 0 Å². The summed E-state index contributed by atoms with van der Waals surface area (Å²) in [6, 6.07) is 0. The molecule has 4 nitrogen and oxygen atoms in total. The van der Waals surface area contributed by atoms with Gasteiger partial charge in [0, 0.05) is 25.2 Å². The van der Waals surface area contributed by atoms with Crippen molar-refractivity contribution in [3.63, 3.8) is 0 Å². The normalized spacial score (nSPS) is 8.12. The van der Waals surface area contributed by atoms with E-state index in [-0.39, 0.29) is 12.1 Å². The summed E-state index contributed by atoms with van der Waals surface area (Å²) in [5, 5.41) is 0. The summed E-state index contributed by atoms with van der Waals surface area (Å²) in [6.45, 7) is 9.66. The molecule has 0 saturated carbocycles. The number of hydrogen-bond acceptors (Lipinski definition) is 4. The largest absolute Gasteiger partial charge is 0.373 e. The Hall–Kier alpha value is -1.28. The molecular weight excluding hydrogens is 220 g/mol. The van der Waals surface area contributed by atoms with Gasteiger partial charge in [0.1, 0.15) is 11.6 Å². The summed E-state index contributed by atoms with van der Waals surface area (Å²) in [4.78, 5) is 37.2. The highest BCUT2D eigenvalue weighted by Gasteiger charge is 2.00. The summed E-state index contributed by atoms with van der Waals surface area (Å²) in [5.74, 6) is 0.951. The second kappa shape index (κ2) is 17.1. The first-order chi connectivity index (χ1) is 7.90. The third-order valence-electron chi connectivity index (χ3n) is 1.92. The number of ketones is 2. The van der Waals surface area contributed by atoms with Crippen molar-refractivity contribution < 1.29 is 19.2 Å². The monoisotopic (exact) mass is 244 g/mol. The van der Waals surface area contributed by atoms with E-state index in [2.05, 4.69) is 0 Å². The molecule has 0 radical (unpaired) electrons. The molecule has 0 atom stereocenters. The third-order valence-corrected chi connectivity index (χ3v) is 1.92. The summed E-state index contributed by atoms with van der Waals surface area (Å²) >= 11 is 0. The molecule has 4 heteroatoms. The molecule has 100 valence electrons. The van der Waals surface area contributed by atoms with Gasteiger partial charge in [0.15, 0.2) is 0 Å². The number of Topliss-reactive ketones (excluding diaryl/α,β-unsaturated/α-hetero) is 2. The fourth-order valence-corrected chi connectivity index (χ4v) is 0.864. The molecule has 0 N–H and O–H groups in total.